The maximum atomic E-state index is 12.1. The summed E-state index contributed by atoms with van der Waals surface area (Å²) in [6, 6.07) is 8.59. The van der Waals surface area contributed by atoms with Crippen LogP contribution in [-0.4, -0.2) is 38.5 Å². The molecule has 1 aromatic heterocycles. The molecule has 28 heavy (non-hydrogen) atoms. The lowest BCUT2D eigenvalue weighted by Gasteiger charge is -2.05. The van der Waals surface area contributed by atoms with Gasteiger partial charge in [0.2, 0.25) is 11.7 Å². The van der Waals surface area contributed by atoms with E-state index in [-0.39, 0.29) is 18.3 Å². The van der Waals surface area contributed by atoms with Gasteiger partial charge in [-0.1, -0.05) is 0 Å². The molecule has 0 aliphatic rings. The molecule has 0 bridgehead atoms. The lowest BCUT2D eigenvalue weighted by Crippen LogP contribution is -2.18. The third-order valence-electron chi connectivity index (χ3n) is 3.58. The average Bonchev–Trinajstić information content (AvgIpc) is 3.17. The van der Waals surface area contributed by atoms with Gasteiger partial charge in [-0.15, -0.1) is 11.3 Å². The third-order valence-corrected chi connectivity index (χ3v) is 4.71. The Hall–Kier alpha value is -3.13. The molecule has 7 nitrogen and oxygen atoms in total. The normalized spacial score (nSPS) is 10.5. The van der Waals surface area contributed by atoms with Crippen molar-refractivity contribution in [1.82, 2.24) is 5.32 Å². The molecular formula is C20H21NO6S. The smallest absolute Gasteiger partial charge is 0.331 e. The zero-order valence-corrected chi connectivity index (χ0v) is 16.6. The largest absolute Gasteiger partial charge is 0.497 e. The Morgan fingerprint density at radius 3 is 2.36 bits per heavy atom. The fourth-order valence-corrected chi connectivity index (χ4v) is 3.05. The Morgan fingerprint density at radius 1 is 1.07 bits per heavy atom. The van der Waals surface area contributed by atoms with Gasteiger partial charge in [0.15, 0.2) is 6.61 Å². The number of hydrogen-bond donors (Lipinski definition) is 1. The van der Waals surface area contributed by atoms with E-state index in [2.05, 4.69) is 5.32 Å². The first-order valence-electron chi connectivity index (χ1n) is 8.35. The number of ether oxygens (including phenoxy) is 3. The van der Waals surface area contributed by atoms with Crippen molar-refractivity contribution in [2.24, 2.45) is 0 Å². The van der Waals surface area contributed by atoms with Crippen molar-refractivity contribution < 1.29 is 28.6 Å². The van der Waals surface area contributed by atoms with Gasteiger partial charge >= 0.3 is 5.97 Å². The number of ketones is 1. The molecule has 0 spiro atoms. The Bertz CT molecular complexity index is 864. The van der Waals surface area contributed by atoms with Crippen molar-refractivity contribution in [1.29, 1.82) is 0 Å². The highest BCUT2D eigenvalue weighted by molar-refractivity contribution is 7.14. The number of amides is 1. The number of rotatable bonds is 9. The SMILES string of the molecule is COc1cc(/C=C/C(=O)OCC(=O)c2ccc(CNC(C)=O)s2)cc(OC)c1. The summed E-state index contributed by atoms with van der Waals surface area (Å²) in [6.07, 6.45) is 2.78. The minimum absolute atomic E-state index is 0.143. The summed E-state index contributed by atoms with van der Waals surface area (Å²) in [6.45, 7) is 1.43. The van der Waals surface area contributed by atoms with Crippen LogP contribution in [0.15, 0.2) is 36.4 Å². The molecule has 8 heteroatoms. The van der Waals surface area contributed by atoms with Crippen LogP contribution >= 0.6 is 11.3 Å². The fraction of sp³-hybridized carbons (Fsp3) is 0.250. The standard InChI is InChI=1S/C20H21NO6S/c1-13(22)21-11-17-5-6-19(28-17)18(23)12-27-20(24)7-4-14-8-15(25-2)10-16(9-14)26-3/h4-10H,11-12H2,1-3H3,(H,21,22)/b7-4+. The number of nitrogens with one attached hydrogen (secondary N) is 1. The molecule has 0 saturated heterocycles. The second-order valence-electron chi connectivity index (χ2n) is 5.69. The Morgan fingerprint density at radius 2 is 1.75 bits per heavy atom. The van der Waals surface area contributed by atoms with Gasteiger partial charge in [-0.25, -0.2) is 4.79 Å². The molecular weight excluding hydrogens is 382 g/mol. The monoisotopic (exact) mass is 403 g/mol. The summed E-state index contributed by atoms with van der Waals surface area (Å²) in [7, 11) is 3.07. The van der Waals surface area contributed by atoms with Gasteiger partial charge < -0.3 is 19.5 Å². The molecule has 1 heterocycles. The summed E-state index contributed by atoms with van der Waals surface area (Å²) < 4.78 is 15.3. The number of Topliss-reactive ketones (excluding diaryl/α,β-unsaturated/α-hetero) is 1. The van der Waals surface area contributed by atoms with Crippen LogP contribution in [0.4, 0.5) is 0 Å². The first kappa shape index (κ1) is 21.2. The van der Waals surface area contributed by atoms with Crippen molar-refractivity contribution in [2.45, 2.75) is 13.5 Å². The van der Waals surface area contributed by atoms with Crippen LogP contribution in [0.3, 0.4) is 0 Å². The molecule has 0 fully saturated rings. The summed E-state index contributed by atoms with van der Waals surface area (Å²) >= 11 is 1.25. The minimum Gasteiger partial charge on any atom is -0.497 e. The molecule has 0 unspecified atom stereocenters. The molecule has 1 N–H and O–H groups in total. The van der Waals surface area contributed by atoms with Gasteiger partial charge in [-0.05, 0) is 35.9 Å². The highest BCUT2D eigenvalue weighted by Crippen LogP contribution is 2.23. The van der Waals surface area contributed by atoms with Crippen LogP contribution < -0.4 is 14.8 Å². The van der Waals surface area contributed by atoms with E-state index in [1.165, 1.54) is 38.6 Å². The molecule has 0 aliphatic carbocycles. The van der Waals surface area contributed by atoms with E-state index in [0.717, 1.165) is 4.88 Å². The molecule has 0 saturated carbocycles. The van der Waals surface area contributed by atoms with E-state index in [1.54, 1.807) is 36.4 Å². The van der Waals surface area contributed by atoms with Crippen LogP contribution in [0.2, 0.25) is 0 Å². The Kier molecular flexibility index (Phi) is 7.76. The van der Waals surface area contributed by atoms with E-state index in [0.29, 0.717) is 28.5 Å². The fourth-order valence-electron chi connectivity index (χ4n) is 2.18. The number of esters is 1. The van der Waals surface area contributed by atoms with Crippen molar-refractivity contribution in [3.05, 3.63) is 51.7 Å². The van der Waals surface area contributed by atoms with Gasteiger partial charge in [-0.3, -0.25) is 9.59 Å². The van der Waals surface area contributed by atoms with Gasteiger partial charge in [0.05, 0.1) is 25.6 Å². The zero-order valence-electron chi connectivity index (χ0n) is 15.8. The highest BCUT2D eigenvalue weighted by Gasteiger charge is 2.12. The average molecular weight is 403 g/mol. The molecule has 0 aliphatic heterocycles. The van der Waals surface area contributed by atoms with Crippen LogP contribution in [-0.2, 0) is 20.9 Å². The Balaban J connectivity index is 1.89. The topological polar surface area (TPSA) is 90.9 Å². The molecule has 0 radical (unpaired) electrons. The molecule has 2 aromatic rings. The number of methoxy groups -OCH3 is 2. The number of thiophene rings is 1. The van der Waals surface area contributed by atoms with E-state index in [9.17, 15) is 14.4 Å². The third kappa shape index (κ3) is 6.55. The maximum Gasteiger partial charge on any atom is 0.331 e. The predicted molar refractivity (Wildman–Crippen MR) is 106 cm³/mol. The van der Waals surface area contributed by atoms with Gasteiger partial charge in [-0.2, -0.15) is 0 Å². The highest BCUT2D eigenvalue weighted by atomic mass is 32.1. The van der Waals surface area contributed by atoms with Gasteiger partial charge in [0.25, 0.3) is 0 Å². The lowest BCUT2D eigenvalue weighted by atomic mass is 10.2. The number of carbonyl (C=O) groups is 3. The Labute approximate surface area is 166 Å². The summed E-state index contributed by atoms with van der Waals surface area (Å²) in [5.74, 6) is 0.107. The summed E-state index contributed by atoms with van der Waals surface area (Å²) in [5, 5.41) is 2.66. The lowest BCUT2D eigenvalue weighted by molar-refractivity contribution is -0.136. The van der Waals surface area contributed by atoms with E-state index < -0.39 is 5.97 Å². The second-order valence-corrected chi connectivity index (χ2v) is 6.85. The minimum atomic E-state index is -0.634. The van der Waals surface area contributed by atoms with Crippen molar-refractivity contribution >= 4 is 35.1 Å². The van der Waals surface area contributed by atoms with Crippen LogP contribution in [0, 0.1) is 0 Å². The van der Waals surface area contributed by atoms with E-state index >= 15 is 0 Å². The zero-order chi connectivity index (χ0) is 20.5. The van der Waals surface area contributed by atoms with E-state index in [4.69, 9.17) is 14.2 Å². The molecule has 148 valence electrons. The van der Waals surface area contributed by atoms with Gasteiger partial charge in [0.1, 0.15) is 11.5 Å². The van der Waals surface area contributed by atoms with Crippen molar-refractivity contribution in [2.75, 3.05) is 20.8 Å². The van der Waals surface area contributed by atoms with Gasteiger partial charge in [0, 0.05) is 23.9 Å². The van der Waals surface area contributed by atoms with Crippen LogP contribution in [0.5, 0.6) is 11.5 Å². The first-order chi connectivity index (χ1) is 13.4. The molecule has 1 amide bonds. The maximum absolute atomic E-state index is 12.1. The predicted octanol–water partition coefficient (Wildman–Crippen LogP) is 2.84. The van der Waals surface area contributed by atoms with E-state index in [1.807, 2.05) is 0 Å². The quantitative estimate of drug-likeness (QED) is 0.393. The number of carbonyl (C=O) groups excluding carboxylic acids is 3. The number of hydrogen-bond acceptors (Lipinski definition) is 7. The van der Waals surface area contributed by atoms with Crippen LogP contribution in [0.25, 0.3) is 6.08 Å². The first-order valence-corrected chi connectivity index (χ1v) is 9.17. The second kappa shape index (κ2) is 10.3. The molecule has 0 atom stereocenters. The molecule has 2 rings (SSSR count). The summed E-state index contributed by atoms with van der Waals surface area (Å²) in [5.41, 5.74) is 0.695. The van der Waals surface area contributed by atoms with Crippen molar-refractivity contribution in [3.8, 4) is 11.5 Å². The van der Waals surface area contributed by atoms with Crippen molar-refractivity contribution in [3.63, 3.8) is 0 Å². The summed E-state index contributed by atoms with van der Waals surface area (Å²) in [4.78, 5) is 36.2. The van der Waals surface area contributed by atoms with Crippen LogP contribution in [0.1, 0.15) is 27.0 Å². The number of benzene rings is 1. The molecule has 1 aromatic carbocycles.